The fraction of sp³-hybridized carbons (Fsp3) is 0.500. The van der Waals surface area contributed by atoms with Crippen LogP contribution in [0.15, 0.2) is 35.2 Å². The van der Waals surface area contributed by atoms with Gasteiger partial charge in [-0.3, -0.25) is 8.37 Å². The molecule has 1 aromatic rings. The van der Waals surface area contributed by atoms with Crippen LogP contribution in [-0.4, -0.2) is 56.2 Å². The number of hydrogen-bond donors (Lipinski definition) is 0. The van der Waals surface area contributed by atoms with Crippen LogP contribution in [0.2, 0.25) is 0 Å². The molecule has 0 aromatic heterocycles. The Morgan fingerprint density at radius 2 is 1.39 bits per heavy atom. The van der Waals surface area contributed by atoms with Gasteiger partial charge in [0.05, 0.1) is 35.9 Å². The Balaban J connectivity index is 2.98. The fourth-order valence-corrected chi connectivity index (χ4v) is 4.13. The van der Waals surface area contributed by atoms with Crippen molar-refractivity contribution in [2.24, 2.45) is 0 Å². The van der Waals surface area contributed by atoms with E-state index in [1.54, 1.807) is 6.07 Å². The zero-order chi connectivity index (χ0) is 17.7. The first kappa shape index (κ1) is 20.0. The van der Waals surface area contributed by atoms with Crippen LogP contribution in [0.3, 0.4) is 0 Å². The van der Waals surface area contributed by atoms with Gasteiger partial charge in [0.15, 0.2) is 9.84 Å². The molecule has 1 rings (SSSR count). The second kappa shape index (κ2) is 7.71. The summed E-state index contributed by atoms with van der Waals surface area (Å²) in [7, 11) is -11.5. The largest absolute Gasteiger partial charge is 0.270 e. The Kier molecular flexibility index (Phi) is 6.71. The minimum atomic E-state index is -3.91. The van der Waals surface area contributed by atoms with Crippen molar-refractivity contribution in [3.63, 3.8) is 0 Å². The molecule has 0 fully saturated rings. The van der Waals surface area contributed by atoms with Crippen LogP contribution in [0.1, 0.15) is 6.42 Å². The molecule has 0 aliphatic rings. The SMILES string of the molecule is CS(=O)(=O)OCC[C@H](COS(C)(=O)=O)S(=O)(=O)c1ccccc1. The van der Waals surface area contributed by atoms with Crippen molar-refractivity contribution in [3.05, 3.63) is 30.3 Å². The van der Waals surface area contributed by atoms with E-state index in [-0.39, 0.29) is 11.3 Å². The molecular weight excluding hydrogens is 368 g/mol. The summed E-state index contributed by atoms with van der Waals surface area (Å²) in [5, 5.41) is -1.26. The Hall–Kier alpha value is -1.01. The molecule has 0 aliphatic carbocycles. The van der Waals surface area contributed by atoms with Crippen molar-refractivity contribution < 1.29 is 33.6 Å². The predicted molar refractivity (Wildman–Crippen MR) is 83.6 cm³/mol. The number of benzene rings is 1. The number of hydrogen-bond acceptors (Lipinski definition) is 8. The van der Waals surface area contributed by atoms with Crippen LogP contribution in [0, 0.1) is 0 Å². The molecule has 0 bridgehead atoms. The highest BCUT2D eigenvalue weighted by molar-refractivity contribution is 7.92. The van der Waals surface area contributed by atoms with Gasteiger partial charge in [-0.1, -0.05) is 18.2 Å². The topological polar surface area (TPSA) is 121 Å². The Bertz CT molecular complexity index is 810. The maximum absolute atomic E-state index is 12.5. The van der Waals surface area contributed by atoms with Crippen LogP contribution >= 0.6 is 0 Å². The van der Waals surface area contributed by atoms with E-state index in [1.807, 2.05) is 0 Å². The molecule has 0 saturated carbocycles. The summed E-state index contributed by atoms with van der Waals surface area (Å²) in [4.78, 5) is -0.0125. The first-order valence-corrected chi connectivity index (χ1v) is 11.6. The van der Waals surface area contributed by atoms with Crippen LogP contribution in [0.4, 0.5) is 0 Å². The van der Waals surface area contributed by atoms with E-state index in [0.717, 1.165) is 12.5 Å². The molecule has 11 heteroatoms. The molecule has 0 saturated heterocycles. The maximum Gasteiger partial charge on any atom is 0.264 e. The summed E-state index contributed by atoms with van der Waals surface area (Å²) in [5.41, 5.74) is 0. The van der Waals surface area contributed by atoms with E-state index in [0.29, 0.717) is 0 Å². The van der Waals surface area contributed by atoms with Crippen LogP contribution in [0.5, 0.6) is 0 Å². The Morgan fingerprint density at radius 1 is 0.870 bits per heavy atom. The first-order chi connectivity index (χ1) is 10.4. The monoisotopic (exact) mass is 386 g/mol. The smallest absolute Gasteiger partial charge is 0.264 e. The highest BCUT2D eigenvalue weighted by Gasteiger charge is 2.29. The summed E-state index contributed by atoms with van der Waals surface area (Å²) in [6.07, 6.45) is 1.40. The standard InChI is InChI=1S/C12H18O8S3/c1-21(13,14)19-9-8-12(10-20-22(2,15)16)23(17,18)11-6-4-3-5-7-11/h3-7,12H,8-10H2,1-2H3/t12-/m1/s1. The van der Waals surface area contributed by atoms with Gasteiger partial charge in [0, 0.05) is 0 Å². The minimum absolute atomic E-state index is 0.0125. The Labute approximate surface area is 136 Å². The minimum Gasteiger partial charge on any atom is -0.270 e. The van der Waals surface area contributed by atoms with Gasteiger partial charge < -0.3 is 0 Å². The molecule has 0 amide bonds. The van der Waals surface area contributed by atoms with Crippen molar-refractivity contribution in [2.45, 2.75) is 16.6 Å². The van der Waals surface area contributed by atoms with Gasteiger partial charge in [-0.05, 0) is 18.6 Å². The lowest BCUT2D eigenvalue weighted by Gasteiger charge is -2.17. The third-order valence-corrected chi connectivity index (χ3v) is 6.05. The fourth-order valence-electron chi connectivity index (χ4n) is 1.66. The molecule has 1 atom stereocenters. The van der Waals surface area contributed by atoms with E-state index in [4.69, 9.17) is 0 Å². The molecule has 8 nitrogen and oxygen atoms in total. The molecule has 0 spiro atoms. The molecule has 132 valence electrons. The van der Waals surface area contributed by atoms with Crippen LogP contribution < -0.4 is 0 Å². The molecular formula is C12H18O8S3. The quantitative estimate of drug-likeness (QED) is 0.551. The van der Waals surface area contributed by atoms with Gasteiger partial charge in [-0.2, -0.15) is 16.8 Å². The van der Waals surface area contributed by atoms with Crippen LogP contribution in [0.25, 0.3) is 0 Å². The van der Waals surface area contributed by atoms with Gasteiger partial charge in [0.25, 0.3) is 20.2 Å². The van der Waals surface area contributed by atoms with E-state index >= 15 is 0 Å². The van der Waals surface area contributed by atoms with E-state index in [2.05, 4.69) is 8.37 Å². The number of rotatable bonds is 9. The zero-order valence-electron chi connectivity index (χ0n) is 12.6. The average Bonchev–Trinajstić information content (AvgIpc) is 2.41. The van der Waals surface area contributed by atoms with Gasteiger partial charge in [0.2, 0.25) is 0 Å². The second-order valence-electron chi connectivity index (χ2n) is 4.78. The van der Waals surface area contributed by atoms with Crippen molar-refractivity contribution in [2.75, 3.05) is 25.7 Å². The highest BCUT2D eigenvalue weighted by Crippen LogP contribution is 2.19. The zero-order valence-corrected chi connectivity index (χ0v) is 15.0. The molecule has 0 unspecified atom stereocenters. The van der Waals surface area contributed by atoms with Gasteiger partial charge in [-0.15, -0.1) is 0 Å². The summed E-state index contributed by atoms with van der Waals surface area (Å²) in [6.45, 7) is -1.02. The lowest BCUT2D eigenvalue weighted by Crippen LogP contribution is -2.29. The lowest BCUT2D eigenvalue weighted by molar-refractivity contribution is 0.274. The molecule has 0 heterocycles. The summed E-state index contributed by atoms with van der Waals surface area (Å²) in [5.74, 6) is 0. The van der Waals surface area contributed by atoms with Crippen molar-refractivity contribution in [1.82, 2.24) is 0 Å². The van der Waals surface area contributed by atoms with Crippen molar-refractivity contribution >= 4 is 30.1 Å². The summed E-state index contributed by atoms with van der Waals surface area (Å²) < 4.78 is 78.2. The van der Waals surface area contributed by atoms with Crippen molar-refractivity contribution in [3.8, 4) is 0 Å². The normalized spacial score (nSPS) is 14.5. The van der Waals surface area contributed by atoms with E-state index in [9.17, 15) is 25.3 Å². The van der Waals surface area contributed by atoms with Gasteiger partial charge in [-0.25, -0.2) is 8.42 Å². The van der Waals surface area contributed by atoms with E-state index < -0.39 is 48.5 Å². The highest BCUT2D eigenvalue weighted by atomic mass is 32.2. The number of sulfone groups is 1. The first-order valence-electron chi connectivity index (χ1n) is 6.39. The van der Waals surface area contributed by atoms with Crippen LogP contribution in [-0.2, 0) is 38.4 Å². The lowest BCUT2D eigenvalue weighted by atomic mass is 10.3. The maximum atomic E-state index is 12.5. The Morgan fingerprint density at radius 3 is 1.87 bits per heavy atom. The van der Waals surface area contributed by atoms with Gasteiger partial charge >= 0.3 is 0 Å². The molecule has 0 radical (unpaired) electrons. The summed E-state index contributed by atoms with van der Waals surface area (Å²) in [6, 6.07) is 7.40. The second-order valence-corrected chi connectivity index (χ2v) is 10.3. The van der Waals surface area contributed by atoms with E-state index in [1.165, 1.54) is 24.3 Å². The summed E-state index contributed by atoms with van der Waals surface area (Å²) >= 11 is 0. The molecule has 0 N–H and O–H groups in total. The average molecular weight is 386 g/mol. The van der Waals surface area contributed by atoms with Gasteiger partial charge in [0.1, 0.15) is 0 Å². The third kappa shape index (κ3) is 7.40. The third-order valence-electron chi connectivity index (χ3n) is 2.72. The predicted octanol–water partition coefficient (Wildman–Crippen LogP) is 0.171. The molecule has 1 aromatic carbocycles. The molecule has 0 aliphatic heterocycles. The molecule has 23 heavy (non-hydrogen) atoms. The van der Waals surface area contributed by atoms with Crippen molar-refractivity contribution in [1.29, 1.82) is 0 Å².